The molecule has 126 valence electrons. The first-order chi connectivity index (χ1) is 11.4. The lowest BCUT2D eigenvalue weighted by Gasteiger charge is -2.16. The predicted molar refractivity (Wildman–Crippen MR) is 85.1 cm³/mol. The van der Waals surface area contributed by atoms with E-state index in [9.17, 15) is 18.3 Å². The van der Waals surface area contributed by atoms with Gasteiger partial charge >= 0.3 is 5.97 Å². The van der Waals surface area contributed by atoms with E-state index in [4.69, 9.17) is 0 Å². The third-order valence-corrected chi connectivity index (χ3v) is 6.72. The van der Waals surface area contributed by atoms with Crippen LogP contribution in [0.5, 0.6) is 0 Å². The van der Waals surface area contributed by atoms with Crippen LogP contribution in [-0.4, -0.2) is 33.6 Å². The highest BCUT2D eigenvalue weighted by Gasteiger charge is 2.38. The van der Waals surface area contributed by atoms with Crippen molar-refractivity contribution in [3.8, 4) is 0 Å². The summed E-state index contributed by atoms with van der Waals surface area (Å²) in [4.78, 5) is 11.4. The number of aromatic nitrogens is 2. The number of carboxylic acids is 1. The first-order valence-electron chi connectivity index (χ1n) is 7.78. The van der Waals surface area contributed by atoms with E-state index in [1.165, 1.54) is 15.1 Å². The third-order valence-electron chi connectivity index (χ3n) is 4.78. The van der Waals surface area contributed by atoms with E-state index in [0.717, 1.165) is 36.1 Å². The van der Waals surface area contributed by atoms with E-state index >= 15 is 0 Å². The fourth-order valence-electron chi connectivity index (χ4n) is 3.70. The van der Waals surface area contributed by atoms with Gasteiger partial charge in [0, 0.05) is 25.7 Å². The number of hydrogen-bond acceptors (Lipinski definition) is 4. The Morgan fingerprint density at radius 3 is 2.75 bits per heavy atom. The molecule has 0 bridgehead atoms. The van der Waals surface area contributed by atoms with Crippen LogP contribution in [-0.2, 0) is 43.0 Å². The number of carboxylic acid groups (broad SMARTS) is 1. The molecule has 8 heteroatoms. The number of aromatic carboxylic acids is 1. The van der Waals surface area contributed by atoms with Crippen molar-refractivity contribution in [1.29, 1.82) is 0 Å². The summed E-state index contributed by atoms with van der Waals surface area (Å²) in [6.45, 7) is 0.277. The lowest BCUT2D eigenvalue weighted by molar-refractivity contribution is 0.0695. The van der Waals surface area contributed by atoms with Crippen molar-refractivity contribution in [2.45, 2.75) is 37.4 Å². The normalized spacial score (nSPS) is 17.0. The molecule has 4 rings (SSSR count). The van der Waals surface area contributed by atoms with Gasteiger partial charge < -0.3 is 5.11 Å². The number of hydrogen-bond donors (Lipinski definition) is 1. The minimum Gasteiger partial charge on any atom is -0.478 e. The van der Waals surface area contributed by atoms with Gasteiger partial charge in [0.25, 0.3) is 10.0 Å². The zero-order valence-electron chi connectivity index (χ0n) is 13.2. The highest BCUT2D eigenvalue weighted by molar-refractivity contribution is 7.89. The summed E-state index contributed by atoms with van der Waals surface area (Å²) in [5, 5.41) is 13.9. The maximum absolute atomic E-state index is 13.1. The van der Waals surface area contributed by atoms with Crippen molar-refractivity contribution in [3.05, 3.63) is 46.1 Å². The maximum atomic E-state index is 13.1. The maximum Gasteiger partial charge on any atom is 0.336 e. The van der Waals surface area contributed by atoms with Gasteiger partial charge in [-0.25, -0.2) is 13.2 Å². The Morgan fingerprint density at radius 2 is 2.00 bits per heavy atom. The van der Waals surface area contributed by atoms with Crippen molar-refractivity contribution >= 4 is 16.0 Å². The van der Waals surface area contributed by atoms with Crippen LogP contribution in [0.2, 0.25) is 0 Å². The minimum absolute atomic E-state index is 0.0834. The van der Waals surface area contributed by atoms with Crippen LogP contribution in [0.1, 0.15) is 39.2 Å². The number of carbonyl (C=O) groups is 1. The fraction of sp³-hybridized carbons (Fsp3) is 0.375. The first kappa shape index (κ1) is 15.3. The van der Waals surface area contributed by atoms with E-state index in [2.05, 4.69) is 5.10 Å². The lowest BCUT2D eigenvalue weighted by atomic mass is 10.0. The molecule has 1 aromatic carbocycles. The second-order valence-corrected chi connectivity index (χ2v) is 8.08. The summed E-state index contributed by atoms with van der Waals surface area (Å²) < 4.78 is 29.1. The van der Waals surface area contributed by atoms with Crippen LogP contribution in [0.15, 0.2) is 23.2 Å². The van der Waals surface area contributed by atoms with Crippen LogP contribution in [0.4, 0.5) is 0 Å². The van der Waals surface area contributed by atoms with Crippen LogP contribution in [0.25, 0.3) is 0 Å². The number of benzene rings is 1. The lowest BCUT2D eigenvalue weighted by Crippen LogP contribution is -2.28. The quantitative estimate of drug-likeness (QED) is 0.904. The third kappa shape index (κ3) is 2.10. The molecule has 1 aliphatic heterocycles. The molecule has 0 spiro atoms. The Balaban J connectivity index is 1.76. The average molecular weight is 347 g/mol. The predicted octanol–water partition coefficient (Wildman–Crippen LogP) is 1.31. The highest BCUT2D eigenvalue weighted by Crippen LogP contribution is 2.34. The molecule has 0 amide bonds. The van der Waals surface area contributed by atoms with Gasteiger partial charge in [0.2, 0.25) is 0 Å². The summed E-state index contributed by atoms with van der Waals surface area (Å²) in [6, 6.07) is 4.95. The Kier molecular flexibility index (Phi) is 3.29. The molecule has 2 heterocycles. The van der Waals surface area contributed by atoms with Gasteiger partial charge in [-0.2, -0.15) is 9.40 Å². The summed E-state index contributed by atoms with van der Waals surface area (Å²) in [5.41, 5.74) is 3.16. The molecule has 7 nitrogen and oxygen atoms in total. The smallest absolute Gasteiger partial charge is 0.336 e. The Hall–Kier alpha value is -2.19. The molecule has 0 saturated heterocycles. The van der Waals surface area contributed by atoms with Crippen LogP contribution in [0, 0.1) is 0 Å². The Labute approximate surface area is 139 Å². The molecule has 0 fully saturated rings. The van der Waals surface area contributed by atoms with Gasteiger partial charge in [0.15, 0.2) is 5.03 Å². The van der Waals surface area contributed by atoms with Crippen LogP contribution < -0.4 is 0 Å². The van der Waals surface area contributed by atoms with Crippen molar-refractivity contribution in [2.75, 3.05) is 0 Å². The highest BCUT2D eigenvalue weighted by atomic mass is 32.2. The first-order valence-corrected chi connectivity index (χ1v) is 9.22. The van der Waals surface area contributed by atoms with E-state index in [-0.39, 0.29) is 23.7 Å². The molecule has 0 radical (unpaired) electrons. The monoisotopic (exact) mass is 347 g/mol. The Bertz CT molecular complexity index is 962. The van der Waals surface area contributed by atoms with Gasteiger partial charge in [-0.05, 0) is 36.5 Å². The van der Waals surface area contributed by atoms with E-state index < -0.39 is 16.0 Å². The molecule has 1 aliphatic carbocycles. The molecule has 2 aliphatic rings. The fourth-order valence-corrected chi connectivity index (χ4v) is 5.46. The molecule has 0 saturated carbocycles. The molecule has 0 unspecified atom stereocenters. The van der Waals surface area contributed by atoms with Gasteiger partial charge in [0.05, 0.1) is 11.3 Å². The summed E-state index contributed by atoms with van der Waals surface area (Å²) >= 11 is 0. The number of aryl methyl sites for hydroxylation is 2. The molecule has 2 aromatic rings. The second kappa shape index (κ2) is 5.15. The molecule has 1 N–H and O–H groups in total. The van der Waals surface area contributed by atoms with Crippen molar-refractivity contribution in [1.82, 2.24) is 14.1 Å². The van der Waals surface area contributed by atoms with Crippen molar-refractivity contribution in [2.24, 2.45) is 7.05 Å². The van der Waals surface area contributed by atoms with Crippen molar-refractivity contribution in [3.63, 3.8) is 0 Å². The molecule has 0 atom stereocenters. The number of rotatable bonds is 3. The number of fused-ring (bicyclic) bond motifs is 2. The van der Waals surface area contributed by atoms with Gasteiger partial charge in [0.1, 0.15) is 0 Å². The standard InChI is InChI=1S/C16H17N3O4S/c1-18-15(12-6-3-7-14(12)17-18)24(22,23)19-8-10-4-2-5-11(16(20)21)13(10)9-19/h2,4-5H,3,6-9H2,1H3,(H,20,21). The SMILES string of the molecule is Cn1nc2c(c1S(=O)(=O)N1Cc3cccc(C(=O)O)c3C1)CCC2. The van der Waals surface area contributed by atoms with E-state index in [0.29, 0.717) is 5.56 Å². The molecule has 24 heavy (non-hydrogen) atoms. The van der Waals surface area contributed by atoms with Gasteiger partial charge in [-0.15, -0.1) is 0 Å². The topological polar surface area (TPSA) is 92.5 Å². The van der Waals surface area contributed by atoms with Gasteiger partial charge in [-0.3, -0.25) is 4.68 Å². The van der Waals surface area contributed by atoms with Crippen LogP contribution >= 0.6 is 0 Å². The summed E-state index contributed by atoms with van der Waals surface area (Å²) in [6.07, 6.45) is 2.45. The second-order valence-electron chi connectivity index (χ2n) is 6.23. The van der Waals surface area contributed by atoms with Gasteiger partial charge in [-0.1, -0.05) is 12.1 Å². The van der Waals surface area contributed by atoms with Crippen molar-refractivity contribution < 1.29 is 18.3 Å². The molecule has 1 aromatic heterocycles. The van der Waals surface area contributed by atoms with E-state index in [1.807, 2.05) is 0 Å². The number of sulfonamides is 1. The summed E-state index contributed by atoms with van der Waals surface area (Å²) in [5.74, 6) is -1.03. The average Bonchev–Trinajstić information content (AvgIpc) is 3.18. The summed E-state index contributed by atoms with van der Waals surface area (Å²) in [7, 11) is -2.07. The molecular weight excluding hydrogens is 330 g/mol. The number of nitrogens with zero attached hydrogens (tertiary/aromatic N) is 3. The van der Waals surface area contributed by atoms with Crippen LogP contribution in [0.3, 0.4) is 0 Å². The minimum atomic E-state index is -3.72. The largest absolute Gasteiger partial charge is 0.478 e. The Morgan fingerprint density at radius 1 is 1.21 bits per heavy atom. The molecular formula is C16H17N3O4S. The zero-order valence-corrected chi connectivity index (χ0v) is 14.0. The van der Waals surface area contributed by atoms with E-state index in [1.54, 1.807) is 19.2 Å². The zero-order chi connectivity index (χ0) is 17.1.